The van der Waals surface area contributed by atoms with Gasteiger partial charge in [0.1, 0.15) is 5.82 Å². The number of carbonyl (C=O) groups is 2. The van der Waals surface area contributed by atoms with Crippen LogP contribution in [0, 0.1) is 19.7 Å². The Morgan fingerprint density at radius 2 is 1.68 bits per heavy atom. The summed E-state index contributed by atoms with van der Waals surface area (Å²) in [6, 6.07) is 14.7. The summed E-state index contributed by atoms with van der Waals surface area (Å²) in [4.78, 5) is 24.2. The highest BCUT2D eigenvalue weighted by Crippen LogP contribution is 2.22. The molecule has 0 atom stereocenters. The maximum atomic E-state index is 13.2. The third kappa shape index (κ3) is 3.96. The first-order chi connectivity index (χ1) is 13.4. The van der Waals surface area contributed by atoms with Gasteiger partial charge in [-0.15, -0.1) is 0 Å². The minimum Gasteiger partial charge on any atom is -0.465 e. The summed E-state index contributed by atoms with van der Waals surface area (Å²) in [5.41, 5.74) is 4.30. The molecule has 144 valence electrons. The lowest BCUT2D eigenvalue weighted by atomic mass is 10.1. The minimum absolute atomic E-state index is 0.0569. The lowest BCUT2D eigenvalue weighted by Gasteiger charge is -2.10. The molecule has 0 bridgehead atoms. The van der Waals surface area contributed by atoms with E-state index in [-0.39, 0.29) is 18.1 Å². The largest absolute Gasteiger partial charge is 0.465 e. The van der Waals surface area contributed by atoms with Crippen LogP contribution < -0.4 is 5.32 Å². The highest BCUT2D eigenvalue weighted by Gasteiger charge is 2.16. The maximum Gasteiger partial charge on any atom is 0.337 e. The number of carbonyl (C=O) groups excluding carboxylic acids is 2. The molecule has 0 unspecified atom stereocenters. The zero-order chi connectivity index (χ0) is 20.3. The fraction of sp³-hybridized carbons (Fsp3) is 0.182. The number of aromatic nitrogens is 1. The molecule has 28 heavy (non-hydrogen) atoms. The second-order valence-corrected chi connectivity index (χ2v) is 6.44. The van der Waals surface area contributed by atoms with Crippen molar-refractivity contribution in [3.8, 4) is 5.69 Å². The van der Waals surface area contributed by atoms with Crippen molar-refractivity contribution in [1.82, 2.24) is 4.57 Å². The molecule has 0 spiro atoms. The third-order valence-electron chi connectivity index (χ3n) is 4.58. The van der Waals surface area contributed by atoms with Crippen molar-refractivity contribution >= 4 is 17.4 Å². The molecule has 0 aliphatic carbocycles. The topological polar surface area (TPSA) is 60.3 Å². The summed E-state index contributed by atoms with van der Waals surface area (Å²) in [6.45, 7) is 3.89. The van der Waals surface area contributed by atoms with E-state index in [1.807, 2.05) is 24.5 Å². The number of benzene rings is 2. The number of ketones is 1. The Balaban J connectivity index is 1.74. The number of Topliss-reactive ketones (excluding diaryl/α,β-unsaturated/α-hetero) is 1. The van der Waals surface area contributed by atoms with Crippen LogP contribution in [0.2, 0.25) is 0 Å². The Morgan fingerprint density at radius 3 is 2.29 bits per heavy atom. The Labute approximate surface area is 162 Å². The number of esters is 1. The molecule has 1 heterocycles. The summed E-state index contributed by atoms with van der Waals surface area (Å²) < 4.78 is 19.8. The highest BCUT2D eigenvalue weighted by molar-refractivity contribution is 6.00. The predicted molar refractivity (Wildman–Crippen MR) is 106 cm³/mol. The van der Waals surface area contributed by atoms with Gasteiger partial charge >= 0.3 is 5.97 Å². The molecule has 1 aromatic heterocycles. The normalized spacial score (nSPS) is 10.6. The molecule has 2 aromatic carbocycles. The van der Waals surface area contributed by atoms with Crippen LogP contribution in [-0.2, 0) is 4.74 Å². The number of hydrogen-bond acceptors (Lipinski definition) is 4. The predicted octanol–water partition coefficient (Wildman–Crippen LogP) is 4.31. The van der Waals surface area contributed by atoms with Crippen molar-refractivity contribution in [2.24, 2.45) is 0 Å². The molecule has 1 N–H and O–H groups in total. The summed E-state index contributed by atoms with van der Waals surface area (Å²) in [5, 5.41) is 3.07. The van der Waals surface area contributed by atoms with Crippen LogP contribution in [0.3, 0.4) is 0 Å². The quantitative estimate of drug-likeness (QED) is 0.511. The smallest absolute Gasteiger partial charge is 0.337 e. The van der Waals surface area contributed by atoms with E-state index in [1.165, 1.54) is 19.2 Å². The molecule has 5 nitrogen and oxygen atoms in total. The van der Waals surface area contributed by atoms with Gasteiger partial charge in [0.25, 0.3) is 0 Å². The summed E-state index contributed by atoms with van der Waals surface area (Å²) in [5.74, 6) is -0.765. The zero-order valence-electron chi connectivity index (χ0n) is 16.0. The van der Waals surface area contributed by atoms with Gasteiger partial charge < -0.3 is 14.6 Å². The van der Waals surface area contributed by atoms with E-state index >= 15 is 0 Å². The number of aryl methyl sites for hydroxylation is 1. The molecule has 3 aromatic rings. The Morgan fingerprint density at radius 1 is 1.04 bits per heavy atom. The Kier molecular flexibility index (Phi) is 5.59. The first-order valence-corrected chi connectivity index (χ1v) is 8.81. The van der Waals surface area contributed by atoms with Crippen molar-refractivity contribution in [2.45, 2.75) is 13.8 Å². The van der Waals surface area contributed by atoms with Crippen molar-refractivity contribution in [3.05, 3.63) is 82.9 Å². The van der Waals surface area contributed by atoms with Gasteiger partial charge in [-0.3, -0.25) is 4.79 Å². The van der Waals surface area contributed by atoms with Crippen molar-refractivity contribution in [1.29, 1.82) is 0 Å². The van der Waals surface area contributed by atoms with Gasteiger partial charge in [-0.2, -0.15) is 0 Å². The summed E-state index contributed by atoms with van der Waals surface area (Å²) >= 11 is 0. The van der Waals surface area contributed by atoms with Crippen LogP contribution in [0.5, 0.6) is 0 Å². The standard InChI is InChI=1S/C22H21FN2O3/c1-14-12-20(15(2)25(14)19-10-6-17(23)7-11-19)21(26)13-24-18-8-4-16(5-9-18)22(27)28-3/h4-12,24H,13H2,1-3H3. The van der Waals surface area contributed by atoms with Crippen LogP contribution >= 0.6 is 0 Å². The van der Waals surface area contributed by atoms with E-state index in [0.29, 0.717) is 11.1 Å². The summed E-state index contributed by atoms with van der Waals surface area (Å²) in [7, 11) is 1.33. The first-order valence-electron chi connectivity index (χ1n) is 8.81. The number of nitrogens with zero attached hydrogens (tertiary/aromatic N) is 1. The maximum absolute atomic E-state index is 13.2. The van der Waals surface area contributed by atoms with Crippen LogP contribution in [0.4, 0.5) is 10.1 Å². The van der Waals surface area contributed by atoms with Crippen LogP contribution in [0.15, 0.2) is 54.6 Å². The number of halogens is 1. The number of rotatable bonds is 6. The van der Waals surface area contributed by atoms with Gasteiger partial charge in [-0.25, -0.2) is 9.18 Å². The van der Waals surface area contributed by atoms with Crippen LogP contribution in [0.1, 0.15) is 32.1 Å². The van der Waals surface area contributed by atoms with Gasteiger partial charge in [0, 0.05) is 28.3 Å². The highest BCUT2D eigenvalue weighted by atomic mass is 19.1. The van der Waals surface area contributed by atoms with E-state index in [2.05, 4.69) is 10.1 Å². The molecule has 0 amide bonds. The lowest BCUT2D eigenvalue weighted by Crippen LogP contribution is -2.15. The second kappa shape index (κ2) is 8.08. The monoisotopic (exact) mass is 380 g/mol. The zero-order valence-corrected chi connectivity index (χ0v) is 16.0. The van der Waals surface area contributed by atoms with E-state index in [4.69, 9.17) is 0 Å². The lowest BCUT2D eigenvalue weighted by molar-refractivity contribution is 0.0600. The van der Waals surface area contributed by atoms with Gasteiger partial charge in [-0.05, 0) is 68.4 Å². The van der Waals surface area contributed by atoms with Gasteiger partial charge in [0.2, 0.25) is 0 Å². The number of ether oxygens (including phenoxy) is 1. The second-order valence-electron chi connectivity index (χ2n) is 6.44. The van der Waals surface area contributed by atoms with Crippen molar-refractivity contribution < 1.29 is 18.7 Å². The fourth-order valence-electron chi connectivity index (χ4n) is 3.15. The SMILES string of the molecule is COC(=O)c1ccc(NCC(=O)c2cc(C)n(-c3ccc(F)cc3)c2C)cc1. The molecule has 0 aliphatic heterocycles. The number of nitrogens with one attached hydrogen (secondary N) is 1. The number of methoxy groups -OCH3 is 1. The average molecular weight is 380 g/mol. The van der Waals surface area contributed by atoms with Crippen LogP contribution in [0.25, 0.3) is 5.69 Å². The van der Waals surface area contributed by atoms with Crippen LogP contribution in [-0.4, -0.2) is 30.0 Å². The molecular formula is C22H21FN2O3. The molecule has 6 heteroatoms. The Hall–Kier alpha value is -3.41. The van der Waals surface area contributed by atoms with Gasteiger partial charge in [0.15, 0.2) is 5.78 Å². The number of hydrogen-bond donors (Lipinski definition) is 1. The third-order valence-corrected chi connectivity index (χ3v) is 4.58. The molecule has 0 fully saturated rings. The van der Waals surface area contributed by atoms with Crippen molar-refractivity contribution in [2.75, 3.05) is 19.0 Å². The summed E-state index contributed by atoms with van der Waals surface area (Å²) in [6.07, 6.45) is 0. The molecule has 0 saturated carbocycles. The van der Waals surface area contributed by atoms with E-state index < -0.39 is 5.97 Å². The molecule has 0 radical (unpaired) electrons. The van der Waals surface area contributed by atoms with E-state index in [1.54, 1.807) is 36.4 Å². The Bertz CT molecular complexity index is 1010. The van der Waals surface area contributed by atoms with E-state index in [9.17, 15) is 14.0 Å². The molecule has 3 rings (SSSR count). The molecule has 0 aliphatic rings. The molecule has 0 saturated heterocycles. The van der Waals surface area contributed by atoms with Gasteiger partial charge in [0.05, 0.1) is 19.2 Å². The van der Waals surface area contributed by atoms with E-state index in [0.717, 1.165) is 22.8 Å². The van der Waals surface area contributed by atoms with Gasteiger partial charge in [-0.1, -0.05) is 0 Å². The molecular weight excluding hydrogens is 359 g/mol. The first kappa shape index (κ1) is 19.4. The minimum atomic E-state index is -0.407. The number of anilines is 1. The van der Waals surface area contributed by atoms with Crippen molar-refractivity contribution in [3.63, 3.8) is 0 Å². The fourth-order valence-corrected chi connectivity index (χ4v) is 3.15. The average Bonchev–Trinajstić information content (AvgIpc) is 3.01.